The van der Waals surface area contributed by atoms with Gasteiger partial charge in [0.1, 0.15) is 18.1 Å². The molecule has 1 amide bonds. The Hall–Kier alpha value is -3.28. The van der Waals surface area contributed by atoms with Gasteiger partial charge in [0.2, 0.25) is 5.91 Å². The molecule has 0 spiro atoms. The van der Waals surface area contributed by atoms with Crippen LogP contribution in [0.4, 0.5) is 24.5 Å². The van der Waals surface area contributed by atoms with Gasteiger partial charge in [-0.15, -0.1) is 0 Å². The fourth-order valence-electron chi connectivity index (χ4n) is 4.84. The number of hydrogen-bond donors (Lipinski definition) is 2. The van der Waals surface area contributed by atoms with Gasteiger partial charge in [-0.1, -0.05) is 13.3 Å². The molecule has 0 unspecified atom stereocenters. The van der Waals surface area contributed by atoms with E-state index in [1.807, 2.05) is 30.6 Å². The molecule has 1 aliphatic carbocycles. The molecule has 0 bridgehead atoms. The van der Waals surface area contributed by atoms with Crippen molar-refractivity contribution in [2.24, 2.45) is 7.05 Å². The summed E-state index contributed by atoms with van der Waals surface area (Å²) in [6.45, 7) is 6.04. The van der Waals surface area contributed by atoms with Crippen molar-refractivity contribution >= 4 is 17.3 Å². The fourth-order valence-corrected chi connectivity index (χ4v) is 4.84. The molecule has 4 rings (SSSR count). The number of rotatable bonds is 6. The van der Waals surface area contributed by atoms with Crippen LogP contribution in [0.1, 0.15) is 54.7 Å². The minimum absolute atomic E-state index is 0.173. The van der Waals surface area contributed by atoms with Gasteiger partial charge in [0.05, 0.1) is 11.3 Å². The Bertz CT molecular complexity index is 1280. The minimum atomic E-state index is -4.47. The van der Waals surface area contributed by atoms with E-state index in [2.05, 4.69) is 20.4 Å². The Labute approximate surface area is 219 Å². The van der Waals surface area contributed by atoms with Crippen LogP contribution in [0.25, 0.3) is 0 Å². The Morgan fingerprint density at radius 1 is 1.16 bits per heavy atom. The van der Waals surface area contributed by atoms with Crippen molar-refractivity contribution in [3.8, 4) is 0 Å². The highest BCUT2D eigenvalue weighted by molar-refractivity contribution is 5.91. The second kappa shape index (κ2) is 11.2. The number of piperazine rings is 1. The molecule has 2 N–H and O–H groups in total. The van der Waals surface area contributed by atoms with Crippen LogP contribution in [-0.2, 0) is 31.0 Å². The average molecular weight is 536 g/mol. The van der Waals surface area contributed by atoms with E-state index in [9.17, 15) is 22.8 Å². The maximum Gasteiger partial charge on any atom is 0.416 e. The number of nitrogens with one attached hydrogen (secondary N) is 2. The quantitative estimate of drug-likeness (QED) is 0.590. The van der Waals surface area contributed by atoms with Gasteiger partial charge in [-0.05, 0) is 57.0 Å². The summed E-state index contributed by atoms with van der Waals surface area (Å²) in [6, 6.07) is 3.15. The summed E-state index contributed by atoms with van der Waals surface area (Å²) in [7, 11) is 3.90. The molecule has 12 heteroatoms. The summed E-state index contributed by atoms with van der Waals surface area (Å²) in [5, 5.41) is 10.7. The second-order valence-corrected chi connectivity index (χ2v) is 10.2. The predicted molar refractivity (Wildman–Crippen MR) is 140 cm³/mol. The fraction of sp³-hybridized carbons (Fsp3) is 0.577. The molecule has 2 heterocycles. The van der Waals surface area contributed by atoms with E-state index < -0.39 is 17.6 Å². The van der Waals surface area contributed by atoms with Crippen molar-refractivity contribution in [3.05, 3.63) is 51.2 Å². The predicted octanol–water partition coefficient (Wildman–Crippen LogP) is 3.58. The molecule has 2 aromatic rings. The van der Waals surface area contributed by atoms with E-state index in [-0.39, 0.29) is 29.3 Å². The Morgan fingerprint density at radius 3 is 2.39 bits per heavy atom. The number of H-pyrrole nitrogens is 1. The zero-order chi connectivity index (χ0) is 27.6. The summed E-state index contributed by atoms with van der Waals surface area (Å²) in [6.07, 6.45) is -0.927. The summed E-state index contributed by atoms with van der Waals surface area (Å²) >= 11 is 0. The van der Waals surface area contributed by atoms with Crippen molar-refractivity contribution in [2.45, 2.75) is 58.2 Å². The molecule has 0 atom stereocenters. The molecule has 1 aliphatic heterocycles. The first-order chi connectivity index (χ1) is 18.0. The first-order valence-corrected chi connectivity index (χ1v) is 13.0. The highest BCUT2D eigenvalue weighted by Crippen LogP contribution is 2.34. The van der Waals surface area contributed by atoms with Crippen LogP contribution in [0.2, 0.25) is 0 Å². The molecule has 2 fully saturated rings. The zero-order valence-electron chi connectivity index (χ0n) is 22.4. The summed E-state index contributed by atoms with van der Waals surface area (Å²) in [5.41, 5.74) is 0.629. The maximum absolute atomic E-state index is 14.0. The molecule has 1 aromatic carbocycles. The number of aromatic amines is 1. The van der Waals surface area contributed by atoms with Crippen LogP contribution in [-0.4, -0.2) is 63.6 Å². The minimum Gasteiger partial charge on any atom is -0.363 e. The highest BCUT2D eigenvalue weighted by Gasteiger charge is 2.31. The lowest BCUT2D eigenvalue weighted by atomic mass is 9.85. The van der Waals surface area contributed by atoms with Gasteiger partial charge >= 0.3 is 6.18 Å². The Balaban J connectivity index is 1.74. The highest BCUT2D eigenvalue weighted by atomic mass is 19.4. The number of anilines is 2. The Kier molecular flexibility index (Phi) is 8.19. The standard InChI is InChI=1S/C26H36F3N7O2/c1-5-20-23(35-13-11-33(3)12-14-35)25(38)36(32-24(34(4)31-20)18-7-6-8-18)16-22(37)30-21-10-9-19(15-17(21)2)26(27,28)29/h9-10,15,18,31H,5-8,11-14,16H2,1-4H3,(H,30,37). The number of carbonyl (C=O) groups excluding carboxylic acids is 1. The van der Waals surface area contributed by atoms with E-state index in [4.69, 9.17) is 0 Å². The van der Waals surface area contributed by atoms with Crippen LogP contribution < -0.4 is 15.8 Å². The van der Waals surface area contributed by atoms with Crippen molar-refractivity contribution in [2.75, 3.05) is 43.4 Å². The van der Waals surface area contributed by atoms with Crippen molar-refractivity contribution in [1.82, 2.24) is 24.5 Å². The third kappa shape index (κ3) is 6.06. The first kappa shape index (κ1) is 27.7. The van der Waals surface area contributed by atoms with Crippen LogP contribution in [0.5, 0.6) is 0 Å². The van der Waals surface area contributed by atoms with Crippen molar-refractivity contribution in [3.63, 3.8) is 0 Å². The molecule has 1 aromatic heterocycles. The summed E-state index contributed by atoms with van der Waals surface area (Å²) in [5.74, 6) is 0.322. The van der Waals surface area contributed by atoms with E-state index in [0.717, 1.165) is 50.2 Å². The number of halogens is 3. The van der Waals surface area contributed by atoms with E-state index in [1.165, 1.54) is 17.7 Å². The Morgan fingerprint density at radius 2 is 1.84 bits per heavy atom. The molecule has 208 valence electrons. The number of aryl methyl sites for hydroxylation is 3. The topological polar surface area (TPSA) is 91.2 Å². The molecule has 1 saturated heterocycles. The van der Waals surface area contributed by atoms with Gasteiger partial charge in [0.15, 0.2) is 0 Å². The molecule has 1 saturated carbocycles. The van der Waals surface area contributed by atoms with Gasteiger partial charge in [0, 0.05) is 44.8 Å². The first-order valence-electron chi connectivity index (χ1n) is 13.0. The number of hydrogen-bond acceptors (Lipinski definition) is 5. The SMILES string of the molecule is CCc1[nH]n(C)c(C2CCC2)nn(CC(=O)Nc2ccc(C(F)(F)F)cc2C)c(=O)c1N1CCN(C)CC1. The van der Waals surface area contributed by atoms with E-state index in [0.29, 0.717) is 31.0 Å². The van der Waals surface area contributed by atoms with Gasteiger partial charge in [-0.3, -0.25) is 19.4 Å². The number of nitrogens with zero attached hydrogens (tertiary/aromatic N) is 5. The largest absolute Gasteiger partial charge is 0.416 e. The third-order valence-corrected chi connectivity index (χ3v) is 7.36. The molecule has 0 radical (unpaired) electrons. The van der Waals surface area contributed by atoms with E-state index in [1.54, 1.807) is 0 Å². The lowest BCUT2D eigenvalue weighted by Crippen LogP contribution is -2.47. The van der Waals surface area contributed by atoms with Crippen molar-refractivity contribution < 1.29 is 18.0 Å². The lowest BCUT2D eigenvalue weighted by molar-refractivity contribution is -0.137. The number of alkyl halides is 3. The number of likely N-dealkylation sites (N-methyl/N-ethyl adjacent to an activating group) is 1. The second-order valence-electron chi connectivity index (χ2n) is 10.2. The monoisotopic (exact) mass is 535 g/mol. The molecule has 9 nitrogen and oxygen atoms in total. The number of carbonyl (C=O) groups is 1. The number of aromatic nitrogens is 4. The summed E-state index contributed by atoms with van der Waals surface area (Å²) in [4.78, 5) is 31.3. The lowest BCUT2D eigenvalue weighted by Gasteiger charge is -2.34. The van der Waals surface area contributed by atoms with Crippen LogP contribution in [0.3, 0.4) is 0 Å². The molecule has 38 heavy (non-hydrogen) atoms. The maximum atomic E-state index is 14.0. The molecular formula is C26H36F3N7O2. The van der Waals surface area contributed by atoms with Gasteiger partial charge in [-0.2, -0.15) is 18.3 Å². The normalized spacial score (nSPS) is 16.8. The van der Waals surface area contributed by atoms with Gasteiger partial charge < -0.3 is 15.1 Å². The summed E-state index contributed by atoms with van der Waals surface area (Å²) < 4.78 is 42.2. The average Bonchev–Trinajstić information content (AvgIpc) is 2.82. The van der Waals surface area contributed by atoms with Crippen LogP contribution >= 0.6 is 0 Å². The van der Waals surface area contributed by atoms with Crippen LogP contribution in [0, 0.1) is 6.92 Å². The van der Waals surface area contributed by atoms with Crippen LogP contribution in [0.15, 0.2) is 23.0 Å². The molecule has 2 aliphatic rings. The third-order valence-electron chi connectivity index (χ3n) is 7.36. The van der Waals surface area contributed by atoms with Gasteiger partial charge in [-0.25, -0.2) is 4.68 Å². The molecular weight excluding hydrogens is 499 g/mol. The van der Waals surface area contributed by atoms with Crippen molar-refractivity contribution in [1.29, 1.82) is 0 Å². The van der Waals surface area contributed by atoms with Gasteiger partial charge in [0.25, 0.3) is 5.56 Å². The smallest absolute Gasteiger partial charge is 0.363 e. The zero-order valence-corrected chi connectivity index (χ0v) is 22.4. The number of amides is 1. The number of benzene rings is 1. The van der Waals surface area contributed by atoms with E-state index >= 15 is 0 Å².